The second-order valence-electron chi connectivity index (χ2n) is 9.72. The average molecular weight is 459 g/mol. The molecule has 3 heterocycles. The molecule has 0 aromatic carbocycles. The van der Waals surface area contributed by atoms with Crippen LogP contribution in [0, 0.1) is 12.3 Å². The fourth-order valence-corrected chi connectivity index (χ4v) is 4.19. The maximum Gasteiger partial charge on any atom is 0.192 e. The molecule has 0 saturated carbocycles. The van der Waals surface area contributed by atoms with Gasteiger partial charge in [0.1, 0.15) is 25.3 Å². The third kappa shape index (κ3) is 5.35. The van der Waals surface area contributed by atoms with Crippen molar-refractivity contribution in [1.29, 1.82) is 0 Å². The zero-order valence-corrected chi connectivity index (χ0v) is 21.1. The van der Waals surface area contributed by atoms with Crippen molar-refractivity contribution >= 4 is 31.6 Å². The predicted octanol–water partition coefficient (Wildman–Crippen LogP) is 3.38. The minimum atomic E-state index is -1.93. The normalized spacial score (nSPS) is 22.0. The first-order valence-corrected chi connectivity index (χ1v) is 13.7. The Kier molecular flexibility index (Phi) is 7.35. The van der Waals surface area contributed by atoms with E-state index in [0.717, 1.165) is 0 Å². The van der Waals surface area contributed by atoms with Crippen LogP contribution in [0.15, 0.2) is 17.6 Å². The SMILES string of the molecule is C#CCOC1C[C@H](n2cnc3c(/N=C/N(C)C)ncnc32)O[C@@H]1CO[Si](C)(C)C(C)(C)C. The summed E-state index contributed by atoms with van der Waals surface area (Å²) in [5.41, 5.74) is 1.29. The summed E-state index contributed by atoms with van der Waals surface area (Å²) in [4.78, 5) is 19.4. The van der Waals surface area contributed by atoms with E-state index in [1.54, 1.807) is 12.7 Å². The van der Waals surface area contributed by atoms with Gasteiger partial charge in [0.15, 0.2) is 25.3 Å². The number of nitrogens with zero attached hydrogens (tertiary/aromatic N) is 6. The Hall–Kier alpha value is -2.32. The Bertz CT molecular complexity index is 992. The molecule has 2 aromatic heterocycles. The molecule has 0 bridgehead atoms. The van der Waals surface area contributed by atoms with E-state index in [2.05, 4.69) is 59.7 Å². The smallest absolute Gasteiger partial charge is 0.192 e. The van der Waals surface area contributed by atoms with Crippen LogP contribution in [0.3, 0.4) is 0 Å². The van der Waals surface area contributed by atoms with Gasteiger partial charge in [-0.1, -0.05) is 26.7 Å². The van der Waals surface area contributed by atoms with E-state index in [4.69, 9.17) is 20.3 Å². The minimum Gasteiger partial charge on any atom is -0.414 e. The summed E-state index contributed by atoms with van der Waals surface area (Å²) >= 11 is 0. The molecular formula is C22H34N6O3Si. The van der Waals surface area contributed by atoms with Crippen LogP contribution in [-0.4, -0.2) is 78.6 Å². The lowest BCUT2D eigenvalue weighted by atomic mass is 10.2. The Morgan fingerprint density at radius 1 is 1.34 bits per heavy atom. The van der Waals surface area contributed by atoms with Gasteiger partial charge in [-0.25, -0.2) is 19.9 Å². The van der Waals surface area contributed by atoms with Crippen molar-refractivity contribution in [2.24, 2.45) is 4.99 Å². The number of aromatic nitrogens is 4. The van der Waals surface area contributed by atoms with Crippen LogP contribution in [0.1, 0.15) is 33.4 Å². The number of terminal acetylenes is 1. The van der Waals surface area contributed by atoms with Crippen molar-refractivity contribution in [2.45, 2.75) is 63.8 Å². The maximum absolute atomic E-state index is 6.42. The molecule has 10 heteroatoms. The third-order valence-electron chi connectivity index (χ3n) is 6.04. The van der Waals surface area contributed by atoms with Crippen molar-refractivity contribution in [3.05, 3.63) is 12.7 Å². The van der Waals surface area contributed by atoms with Crippen LogP contribution in [0.5, 0.6) is 0 Å². The van der Waals surface area contributed by atoms with Gasteiger partial charge in [0.2, 0.25) is 0 Å². The van der Waals surface area contributed by atoms with Gasteiger partial charge >= 0.3 is 0 Å². The Morgan fingerprint density at radius 3 is 2.75 bits per heavy atom. The molecule has 3 atom stereocenters. The average Bonchev–Trinajstić information content (AvgIpc) is 3.32. The number of aliphatic imine (C=N–C) groups is 1. The number of ether oxygens (including phenoxy) is 2. The Labute approximate surface area is 191 Å². The van der Waals surface area contributed by atoms with Gasteiger partial charge in [0.25, 0.3) is 0 Å². The number of imidazole rings is 1. The van der Waals surface area contributed by atoms with E-state index in [9.17, 15) is 0 Å². The summed E-state index contributed by atoms with van der Waals surface area (Å²) in [6.07, 6.45) is 10.2. The summed E-state index contributed by atoms with van der Waals surface area (Å²) in [5, 5.41) is 0.112. The van der Waals surface area contributed by atoms with E-state index < -0.39 is 8.32 Å². The van der Waals surface area contributed by atoms with Crippen molar-refractivity contribution in [3.63, 3.8) is 0 Å². The minimum absolute atomic E-state index is 0.112. The lowest BCUT2D eigenvalue weighted by Gasteiger charge is -2.37. The molecule has 0 spiro atoms. The van der Waals surface area contributed by atoms with Crippen LogP contribution in [0.2, 0.25) is 18.1 Å². The second kappa shape index (κ2) is 9.66. The van der Waals surface area contributed by atoms with Crippen LogP contribution >= 0.6 is 0 Å². The highest BCUT2D eigenvalue weighted by Gasteiger charge is 2.42. The lowest BCUT2D eigenvalue weighted by Crippen LogP contribution is -2.44. The molecule has 1 aliphatic heterocycles. The van der Waals surface area contributed by atoms with Gasteiger partial charge in [0.05, 0.1) is 25.4 Å². The summed E-state index contributed by atoms with van der Waals surface area (Å²) < 4.78 is 20.6. The van der Waals surface area contributed by atoms with Gasteiger partial charge < -0.3 is 18.8 Å². The Balaban J connectivity index is 1.82. The highest BCUT2D eigenvalue weighted by molar-refractivity contribution is 6.74. The van der Waals surface area contributed by atoms with E-state index in [1.165, 1.54) is 6.33 Å². The first-order valence-electron chi connectivity index (χ1n) is 10.8. The molecule has 1 saturated heterocycles. The standard InChI is InChI=1S/C22H34N6O3Si/c1-9-10-29-16-11-18(31-17(16)12-30-32(7,8)22(2,3)4)28-15-25-19-20(26-14-27(5)6)23-13-24-21(19)28/h1,13-18H,10-12H2,2-8H3/b26-14+/t16?,17-,18-/m1/s1. The number of hydrogen-bond donors (Lipinski definition) is 0. The summed E-state index contributed by atoms with van der Waals surface area (Å²) in [6.45, 7) is 11.8. The molecule has 0 radical (unpaired) electrons. The quantitative estimate of drug-likeness (QED) is 0.259. The molecule has 0 amide bonds. The summed E-state index contributed by atoms with van der Waals surface area (Å²) in [7, 11) is 1.87. The molecule has 2 aromatic rings. The van der Waals surface area contributed by atoms with Crippen LogP contribution in [-0.2, 0) is 13.9 Å². The third-order valence-corrected chi connectivity index (χ3v) is 10.5. The van der Waals surface area contributed by atoms with Crippen molar-refractivity contribution in [1.82, 2.24) is 24.4 Å². The fourth-order valence-electron chi connectivity index (χ4n) is 3.17. The number of rotatable bonds is 8. The van der Waals surface area contributed by atoms with Crippen molar-refractivity contribution in [2.75, 3.05) is 27.3 Å². The first-order chi connectivity index (χ1) is 15.0. The highest BCUT2D eigenvalue weighted by Crippen LogP contribution is 2.38. The summed E-state index contributed by atoms with van der Waals surface area (Å²) in [5.74, 6) is 3.06. The van der Waals surface area contributed by atoms with Crippen LogP contribution in [0.4, 0.5) is 5.82 Å². The van der Waals surface area contributed by atoms with Crippen LogP contribution < -0.4 is 0 Å². The number of fused-ring (bicyclic) bond motifs is 1. The first kappa shape index (κ1) is 24.3. The van der Waals surface area contributed by atoms with E-state index in [1.807, 2.05) is 23.6 Å². The lowest BCUT2D eigenvalue weighted by molar-refractivity contribution is -0.0529. The molecule has 0 N–H and O–H groups in total. The molecule has 3 rings (SSSR count). The topological polar surface area (TPSA) is 86.9 Å². The molecular weight excluding hydrogens is 424 g/mol. The zero-order valence-electron chi connectivity index (χ0n) is 20.1. The highest BCUT2D eigenvalue weighted by atomic mass is 28.4. The van der Waals surface area contributed by atoms with Gasteiger partial charge in [-0.3, -0.25) is 4.57 Å². The van der Waals surface area contributed by atoms with Gasteiger partial charge in [-0.2, -0.15) is 0 Å². The molecule has 32 heavy (non-hydrogen) atoms. The fraction of sp³-hybridized carbons (Fsp3) is 0.636. The van der Waals surface area contributed by atoms with Crippen LogP contribution in [0.25, 0.3) is 11.2 Å². The van der Waals surface area contributed by atoms with E-state index in [-0.39, 0.29) is 30.1 Å². The van der Waals surface area contributed by atoms with Crippen molar-refractivity contribution < 1.29 is 13.9 Å². The van der Waals surface area contributed by atoms with Gasteiger partial charge in [0, 0.05) is 20.5 Å². The zero-order chi connectivity index (χ0) is 23.5. The molecule has 0 aliphatic carbocycles. The maximum atomic E-state index is 6.42. The predicted molar refractivity (Wildman–Crippen MR) is 127 cm³/mol. The summed E-state index contributed by atoms with van der Waals surface area (Å²) in [6, 6.07) is 0. The van der Waals surface area contributed by atoms with Gasteiger partial charge in [-0.05, 0) is 18.1 Å². The van der Waals surface area contributed by atoms with E-state index >= 15 is 0 Å². The molecule has 9 nitrogen and oxygen atoms in total. The second-order valence-corrected chi connectivity index (χ2v) is 14.5. The molecule has 1 unspecified atom stereocenters. The monoisotopic (exact) mass is 458 g/mol. The molecule has 1 fully saturated rings. The van der Waals surface area contributed by atoms with Crippen molar-refractivity contribution in [3.8, 4) is 12.3 Å². The Morgan fingerprint density at radius 2 is 2.09 bits per heavy atom. The number of hydrogen-bond acceptors (Lipinski definition) is 7. The molecule has 1 aliphatic rings. The van der Waals surface area contributed by atoms with Gasteiger partial charge in [-0.15, -0.1) is 6.42 Å². The molecule has 174 valence electrons. The van der Waals surface area contributed by atoms with E-state index in [0.29, 0.717) is 30.0 Å². The largest absolute Gasteiger partial charge is 0.414 e.